The molecule has 0 saturated carbocycles. The van der Waals surface area contributed by atoms with Crippen LogP contribution in [0.3, 0.4) is 0 Å². The van der Waals surface area contributed by atoms with Gasteiger partial charge >= 0.3 is 5.97 Å². The van der Waals surface area contributed by atoms with Crippen molar-refractivity contribution in [3.8, 4) is 0 Å². The zero-order valence-electron chi connectivity index (χ0n) is 26.3. The van der Waals surface area contributed by atoms with E-state index in [1.807, 2.05) is 0 Å². The molecule has 0 rings (SSSR count). The molecule has 3 heteroatoms. The highest BCUT2D eigenvalue weighted by molar-refractivity contribution is 5.69. The number of aliphatic hydroxyl groups excluding tert-OH is 1. The summed E-state index contributed by atoms with van der Waals surface area (Å²) in [6, 6.07) is 0. The molecule has 0 unspecified atom stereocenters. The highest BCUT2D eigenvalue weighted by Gasteiger charge is 2.04. The van der Waals surface area contributed by atoms with Crippen LogP contribution in [0, 0.1) is 0 Å². The molecule has 0 bridgehead atoms. The average Bonchev–Trinajstić information content (AvgIpc) is 2.92. The largest absolute Gasteiger partial charge is 0.466 e. The molecule has 0 spiro atoms. The number of aliphatic hydroxyl groups is 1. The Balaban J connectivity index is 3.17. The lowest BCUT2D eigenvalue weighted by Gasteiger charge is -2.09. The van der Waals surface area contributed by atoms with Crippen LogP contribution in [0.2, 0.25) is 0 Å². The number of unbranched alkanes of at least 4 members (excludes halogenated alkanes) is 24. The molecule has 0 heterocycles. The topological polar surface area (TPSA) is 46.5 Å². The Morgan fingerprint density at radius 2 is 0.816 bits per heavy atom. The zero-order chi connectivity index (χ0) is 27.8. The molecule has 3 nitrogen and oxygen atoms in total. The molecule has 0 aromatic rings. The quantitative estimate of drug-likeness (QED) is 0.0684. The van der Waals surface area contributed by atoms with Crippen molar-refractivity contribution < 1.29 is 14.6 Å². The first-order chi connectivity index (χ1) is 18.7. The van der Waals surface area contributed by atoms with Crippen molar-refractivity contribution in [2.24, 2.45) is 0 Å². The summed E-state index contributed by atoms with van der Waals surface area (Å²) in [5.74, 6) is -0.00181. The summed E-state index contributed by atoms with van der Waals surface area (Å²) < 4.78 is 5.40. The van der Waals surface area contributed by atoms with E-state index in [0.717, 1.165) is 44.9 Å². The molecule has 38 heavy (non-hydrogen) atoms. The fraction of sp³-hybridized carbons (Fsp3) is 0.971. The Labute approximate surface area is 239 Å². The smallest absolute Gasteiger partial charge is 0.305 e. The van der Waals surface area contributed by atoms with Gasteiger partial charge in [-0.25, -0.2) is 0 Å². The van der Waals surface area contributed by atoms with Gasteiger partial charge in [0, 0.05) is 6.42 Å². The molecule has 0 amide bonds. The lowest BCUT2D eigenvalue weighted by Crippen LogP contribution is -2.06. The number of rotatable bonds is 32. The number of ether oxygens (including phenoxy) is 1. The van der Waals surface area contributed by atoms with Gasteiger partial charge in [-0.15, -0.1) is 0 Å². The second-order valence-corrected chi connectivity index (χ2v) is 12.0. The molecule has 0 aromatic heterocycles. The maximum atomic E-state index is 11.9. The van der Waals surface area contributed by atoms with E-state index in [-0.39, 0.29) is 12.1 Å². The fourth-order valence-electron chi connectivity index (χ4n) is 5.38. The fourth-order valence-corrected chi connectivity index (χ4v) is 5.38. The number of carbonyl (C=O) groups excluding carboxylic acids is 1. The third kappa shape index (κ3) is 31.6. The standard InChI is InChI=1S/C35H70O3/c1-3-5-7-8-9-10-11-12-13-14-15-16-17-18-19-20-21-25-28-32-35(37)38-33-29-26-23-22-24-27-31-34(36)30-6-4-2/h34,36H,3-33H2,1-2H3/t34-/m1/s1. The third-order valence-electron chi connectivity index (χ3n) is 8.07. The number of hydrogen-bond acceptors (Lipinski definition) is 3. The Morgan fingerprint density at radius 3 is 1.26 bits per heavy atom. The van der Waals surface area contributed by atoms with Crippen molar-refractivity contribution in [1.29, 1.82) is 0 Å². The second-order valence-electron chi connectivity index (χ2n) is 12.0. The number of hydrogen-bond donors (Lipinski definition) is 1. The van der Waals surface area contributed by atoms with Crippen molar-refractivity contribution >= 4 is 5.97 Å². The van der Waals surface area contributed by atoms with E-state index >= 15 is 0 Å². The summed E-state index contributed by atoms with van der Waals surface area (Å²) in [6.07, 6.45) is 37.8. The SMILES string of the molecule is CCCCCCCCCCCCCCCCCCCCCC(=O)OCCCCCCCC[C@H](O)CCCC. The first-order valence-electron chi connectivity index (χ1n) is 17.5. The summed E-state index contributed by atoms with van der Waals surface area (Å²) in [7, 11) is 0. The Bertz CT molecular complexity index is 450. The van der Waals surface area contributed by atoms with E-state index < -0.39 is 0 Å². The molecule has 0 fully saturated rings. The van der Waals surface area contributed by atoms with E-state index in [1.165, 1.54) is 141 Å². The van der Waals surface area contributed by atoms with Crippen LogP contribution in [0.25, 0.3) is 0 Å². The first-order valence-corrected chi connectivity index (χ1v) is 17.5. The molecule has 0 saturated heterocycles. The molecular formula is C35H70O3. The van der Waals surface area contributed by atoms with Crippen molar-refractivity contribution in [3.05, 3.63) is 0 Å². The number of carbonyl (C=O) groups is 1. The normalized spacial score (nSPS) is 12.2. The summed E-state index contributed by atoms with van der Waals surface area (Å²) in [5, 5.41) is 9.86. The van der Waals surface area contributed by atoms with E-state index in [2.05, 4.69) is 13.8 Å². The van der Waals surface area contributed by atoms with E-state index in [9.17, 15) is 9.90 Å². The molecule has 0 aliphatic carbocycles. The molecule has 1 N–H and O–H groups in total. The van der Waals surface area contributed by atoms with Crippen LogP contribution in [0.4, 0.5) is 0 Å². The van der Waals surface area contributed by atoms with Crippen LogP contribution in [-0.2, 0) is 9.53 Å². The van der Waals surface area contributed by atoms with Crippen molar-refractivity contribution in [3.63, 3.8) is 0 Å². The van der Waals surface area contributed by atoms with Gasteiger partial charge in [0.1, 0.15) is 0 Å². The Hall–Kier alpha value is -0.570. The summed E-state index contributed by atoms with van der Waals surface area (Å²) in [5.41, 5.74) is 0. The lowest BCUT2D eigenvalue weighted by atomic mass is 10.0. The van der Waals surface area contributed by atoms with Gasteiger partial charge < -0.3 is 9.84 Å². The van der Waals surface area contributed by atoms with Gasteiger partial charge in [0.2, 0.25) is 0 Å². The van der Waals surface area contributed by atoms with Gasteiger partial charge in [0.15, 0.2) is 0 Å². The van der Waals surface area contributed by atoms with E-state index in [1.54, 1.807) is 0 Å². The highest BCUT2D eigenvalue weighted by atomic mass is 16.5. The van der Waals surface area contributed by atoms with Gasteiger partial charge in [0.25, 0.3) is 0 Å². The minimum absolute atomic E-state index is 0.00181. The predicted octanol–water partition coefficient (Wildman–Crippen LogP) is 11.6. The molecule has 0 aliphatic rings. The van der Waals surface area contributed by atoms with Crippen LogP contribution in [0.5, 0.6) is 0 Å². The number of esters is 1. The maximum Gasteiger partial charge on any atom is 0.305 e. The lowest BCUT2D eigenvalue weighted by molar-refractivity contribution is -0.143. The van der Waals surface area contributed by atoms with Gasteiger partial charge in [-0.1, -0.05) is 174 Å². The molecule has 1 atom stereocenters. The highest BCUT2D eigenvalue weighted by Crippen LogP contribution is 2.15. The molecule has 0 aromatic carbocycles. The van der Waals surface area contributed by atoms with Crippen molar-refractivity contribution in [2.75, 3.05) is 6.61 Å². The maximum absolute atomic E-state index is 11.9. The first kappa shape index (κ1) is 37.4. The van der Waals surface area contributed by atoms with Crippen LogP contribution in [0.1, 0.15) is 206 Å². The minimum atomic E-state index is -0.0942. The summed E-state index contributed by atoms with van der Waals surface area (Å²) >= 11 is 0. The van der Waals surface area contributed by atoms with Crippen LogP contribution >= 0.6 is 0 Å². The van der Waals surface area contributed by atoms with Gasteiger partial charge in [-0.3, -0.25) is 4.79 Å². The summed E-state index contributed by atoms with van der Waals surface area (Å²) in [6.45, 7) is 5.06. The molecular weight excluding hydrogens is 468 g/mol. The van der Waals surface area contributed by atoms with E-state index in [4.69, 9.17) is 4.74 Å². The Kier molecular flexibility index (Phi) is 32.2. The zero-order valence-corrected chi connectivity index (χ0v) is 26.3. The third-order valence-corrected chi connectivity index (χ3v) is 8.07. The van der Waals surface area contributed by atoms with Gasteiger partial charge in [0.05, 0.1) is 12.7 Å². The second kappa shape index (κ2) is 32.6. The average molecular weight is 539 g/mol. The minimum Gasteiger partial charge on any atom is -0.466 e. The van der Waals surface area contributed by atoms with Crippen LogP contribution in [-0.4, -0.2) is 23.8 Å². The van der Waals surface area contributed by atoms with Crippen LogP contribution < -0.4 is 0 Å². The monoisotopic (exact) mass is 539 g/mol. The van der Waals surface area contributed by atoms with Crippen molar-refractivity contribution in [1.82, 2.24) is 0 Å². The van der Waals surface area contributed by atoms with Gasteiger partial charge in [-0.05, 0) is 25.7 Å². The molecule has 0 aliphatic heterocycles. The Morgan fingerprint density at radius 1 is 0.474 bits per heavy atom. The van der Waals surface area contributed by atoms with E-state index in [0.29, 0.717) is 13.0 Å². The molecule has 0 radical (unpaired) electrons. The van der Waals surface area contributed by atoms with Gasteiger partial charge in [-0.2, -0.15) is 0 Å². The summed E-state index contributed by atoms with van der Waals surface area (Å²) in [4.78, 5) is 11.9. The molecule has 228 valence electrons. The van der Waals surface area contributed by atoms with Crippen LogP contribution in [0.15, 0.2) is 0 Å². The predicted molar refractivity (Wildman–Crippen MR) is 167 cm³/mol. The van der Waals surface area contributed by atoms with Crippen molar-refractivity contribution in [2.45, 2.75) is 213 Å².